The number of carbonyl (C=O) groups excluding carboxylic acids is 1. The van der Waals surface area contributed by atoms with E-state index < -0.39 is 17.7 Å². The number of aromatic nitrogens is 1. The van der Waals surface area contributed by atoms with Crippen molar-refractivity contribution in [2.45, 2.75) is 43.9 Å². The van der Waals surface area contributed by atoms with Gasteiger partial charge >= 0.3 is 11.9 Å². The first-order valence-corrected chi connectivity index (χ1v) is 10.8. The van der Waals surface area contributed by atoms with Crippen molar-refractivity contribution in [1.29, 1.82) is 0 Å². The van der Waals surface area contributed by atoms with Gasteiger partial charge < -0.3 is 14.8 Å². The molecule has 3 heterocycles. The van der Waals surface area contributed by atoms with Crippen LogP contribution in [0.1, 0.15) is 31.2 Å². The number of fused-ring (bicyclic) bond motifs is 4. The Kier molecular flexibility index (Phi) is 4.82. The summed E-state index contributed by atoms with van der Waals surface area (Å²) in [6.07, 6.45) is 4.05. The van der Waals surface area contributed by atoms with Crippen molar-refractivity contribution in [3.05, 3.63) is 60.2 Å². The molecule has 1 aliphatic carbocycles. The van der Waals surface area contributed by atoms with Gasteiger partial charge in [-0.05, 0) is 49.4 Å². The molecule has 0 spiro atoms. The number of carboxylic acids is 1. The summed E-state index contributed by atoms with van der Waals surface area (Å²) in [5.41, 5.74) is 3.80. The van der Waals surface area contributed by atoms with Gasteiger partial charge in [0, 0.05) is 35.5 Å². The molecule has 31 heavy (non-hydrogen) atoms. The smallest absolute Gasteiger partial charge is 0.419 e. The molecule has 2 bridgehead atoms. The molecule has 6 heteroatoms. The fourth-order valence-electron chi connectivity index (χ4n) is 5.61. The molecule has 3 aromatic rings. The van der Waals surface area contributed by atoms with Crippen LogP contribution in [0, 0.1) is 5.92 Å². The predicted molar refractivity (Wildman–Crippen MR) is 117 cm³/mol. The van der Waals surface area contributed by atoms with Gasteiger partial charge in [-0.2, -0.15) is 0 Å². The molecule has 160 valence electrons. The monoisotopic (exact) mass is 418 g/mol. The van der Waals surface area contributed by atoms with Crippen LogP contribution >= 0.6 is 0 Å². The maximum absolute atomic E-state index is 11.9. The van der Waals surface area contributed by atoms with Crippen molar-refractivity contribution in [2.24, 2.45) is 5.92 Å². The number of nitrogens with one attached hydrogen (secondary N) is 1. The molecule has 1 atom stereocenters. The van der Waals surface area contributed by atoms with Crippen LogP contribution in [0.3, 0.4) is 0 Å². The number of carboxylic acid groups (broad SMARTS) is 1. The third kappa shape index (κ3) is 3.31. The molecule has 3 aliphatic rings. The lowest BCUT2D eigenvalue weighted by Gasteiger charge is -2.56. The number of para-hydroxylation sites is 1. The van der Waals surface area contributed by atoms with Crippen molar-refractivity contribution in [3.63, 3.8) is 0 Å². The fourth-order valence-corrected chi connectivity index (χ4v) is 5.61. The van der Waals surface area contributed by atoms with E-state index in [0.717, 1.165) is 36.0 Å². The lowest BCUT2D eigenvalue weighted by molar-refractivity contribution is -0.226. The van der Waals surface area contributed by atoms with Crippen LogP contribution in [-0.2, 0) is 20.7 Å². The summed E-state index contributed by atoms with van der Waals surface area (Å²) in [4.78, 5) is 28.8. The molecule has 0 radical (unpaired) electrons. The Bertz CT molecular complexity index is 1130. The number of carbonyl (C=O) groups is 2. The van der Waals surface area contributed by atoms with Crippen LogP contribution < -0.4 is 0 Å². The van der Waals surface area contributed by atoms with Gasteiger partial charge in [0.15, 0.2) is 5.72 Å². The zero-order chi connectivity index (χ0) is 21.6. The Labute approximate surface area is 180 Å². The first-order chi connectivity index (χ1) is 15.0. The van der Waals surface area contributed by atoms with E-state index >= 15 is 0 Å². The van der Waals surface area contributed by atoms with E-state index in [1.807, 2.05) is 31.3 Å². The van der Waals surface area contributed by atoms with Gasteiger partial charge in [0.1, 0.15) is 0 Å². The van der Waals surface area contributed by atoms with E-state index in [4.69, 9.17) is 9.84 Å². The SMILES string of the molecule is CN1C(Cc2c(-c3ccccc3)[nH]c3ccccc23)C2CCC1(OC(=O)C(=O)O)CC2. The van der Waals surface area contributed by atoms with E-state index in [1.165, 1.54) is 10.9 Å². The number of likely N-dealkylation sites (N-methyl/N-ethyl adjacent to an activating group) is 1. The summed E-state index contributed by atoms with van der Waals surface area (Å²) >= 11 is 0. The second-order valence-electron chi connectivity index (χ2n) is 8.75. The minimum Gasteiger partial charge on any atom is -0.473 e. The fraction of sp³-hybridized carbons (Fsp3) is 0.360. The first kappa shape index (κ1) is 19.8. The Balaban J connectivity index is 1.53. The molecule has 2 aromatic carbocycles. The van der Waals surface area contributed by atoms with E-state index in [1.54, 1.807) is 0 Å². The van der Waals surface area contributed by atoms with E-state index in [-0.39, 0.29) is 6.04 Å². The highest BCUT2D eigenvalue weighted by atomic mass is 16.6. The molecule has 2 N–H and O–H groups in total. The van der Waals surface area contributed by atoms with Crippen LogP contribution in [0.4, 0.5) is 0 Å². The van der Waals surface area contributed by atoms with Crippen LogP contribution in [0.5, 0.6) is 0 Å². The van der Waals surface area contributed by atoms with Crippen molar-refractivity contribution in [3.8, 4) is 11.3 Å². The minimum absolute atomic E-state index is 0.172. The normalized spacial score (nSPS) is 25.6. The van der Waals surface area contributed by atoms with Gasteiger partial charge in [-0.3, -0.25) is 4.90 Å². The van der Waals surface area contributed by atoms with Gasteiger partial charge in [0.2, 0.25) is 0 Å². The van der Waals surface area contributed by atoms with Crippen molar-refractivity contribution in [1.82, 2.24) is 9.88 Å². The summed E-state index contributed by atoms with van der Waals surface area (Å²) < 4.78 is 5.57. The second kappa shape index (κ2) is 7.54. The third-order valence-corrected chi connectivity index (χ3v) is 7.24. The molecule has 6 nitrogen and oxygen atoms in total. The lowest BCUT2D eigenvalue weighted by Crippen LogP contribution is -2.64. The molecule has 1 saturated carbocycles. The first-order valence-electron chi connectivity index (χ1n) is 10.8. The van der Waals surface area contributed by atoms with Gasteiger partial charge in [-0.15, -0.1) is 0 Å². The number of benzene rings is 2. The number of esters is 1. The average molecular weight is 418 g/mol. The van der Waals surface area contributed by atoms with Gasteiger partial charge in [-0.25, -0.2) is 9.59 Å². The lowest BCUT2D eigenvalue weighted by atomic mass is 9.71. The van der Waals surface area contributed by atoms with Crippen molar-refractivity contribution < 1.29 is 19.4 Å². The predicted octanol–water partition coefficient (Wildman–Crippen LogP) is 4.21. The molecular weight excluding hydrogens is 392 g/mol. The van der Waals surface area contributed by atoms with Crippen LogP contribution in [0.25, 0.3) is 22.2 Å². The maximum atomic E-state index is 11.9. The zero-order valence-electron chi connectivity index (χ0n) is 17.5. The Morgan fingerprint density at radius 1 is 1.10 bits per heavy atom. The summed E-state index contributed by atoms with van der Waals surface area (Å²) in [6.45, 7) is 0. The quantitative estimate of drug-likeness (QED) is 0.490. The highest BCUT2D eigenvalue weighted by molar-refractivity contribution is 6.28. The number of H-pyrrole nitrogens is 1. The van der Waals surface area contributed by atoms with E-state index in [2.05, 4.69) is 40.2 Å². The third-order valence-electron chi connectivity index (χ3n) is 7.24. The summed E-state index contributed by atoms with van der Waals surface area (Å²) in [7, 11) is 1.97. The Morgan fingerprint density at radius 2 is 1.77 bits per heavy atom. The zero-order valence-corrected chi connectivity index (χ0v) is 17.5. The van der Waals surface area contributed by atoms with Crippen LogP contribution in [0.2, 0.25) is 0 Å². The van der Waals surface area contributed by atoms with Crippen molar-refractivity contribution in [2.75, 3.05) is 7.05 Å². The summed E-state index contributed by atoms with van der Waals surface area (Å²) in [5.74, 6) is -2.20. The number of hydrogen-bond acceptors (Lipinski definition) is 4. The molecule has 3 fully saturated rings. The molecule has 0 amide bonds. The number of nitrogens with zero attached hydrogens (tertiary/aromatic N) is 1. The van der Waals surface area contributed by atoms with E-state index in [0.29, 0.717) is 18.8 Å². The number of aromatic amines is 1. The number of ether oxygens (including phenoxy) is 1. The van der Waals surface area contributed by atoms with Gasteiger partial charge in [-0.1, -0.05) is 48.5 Å². The molecule has 6 rings (SSSR count). The molecule has 2 aliphatic heterocycles. The van der Waals surface area contributed by atoms with Gasteiger partial charge in [0.25, 0.3) is 0 Å². The summed E-state index contributed by atoms with van der Waals surface area (Å²) in [5, 5.41) is 10.3. The number of hydrogen-bond donors (Lipinski definition) is 2. The molecule has 2 saturated heterocycles. The number of rotatable bonds is 4. The Morgan fingerprint density at radius 3 is 2.48 bits per heavy atom. The van der Waals surface area contributed by atoms with Gasteiger partial charge in [0.05, 0.1) is 0 Å². The highest BCUT2D eigenvalue weighted by Gasteiger charge is 2.53. The van der Waals surface area contributed by atoms with Crippen LogP contribution in [-0.4, -0.2) is 45.7 Å². The van der Waals surface area contributed by atoms with Crippen molar-refractivity contribution >= 4 is 22.8 Å². The summed E-state index contributed by atoms with van der Waals surface area (Å²) in [6, 6.07) is 18.8. The standard InChI is InChI=1S/C25H26N2O4/c1-27-21(16-11-13-25(27,14-12-16)31-24(30)23(28)29)15-19-18-9-5-6-10-20(18)26-22(19)17-7-3-2-4-8-17/h2-10,16,21,26H,11-15H2,1H3,(H,28,29). The number of aliphatic carboxylic acids is 1. The largest absolute Gasteiger partial charge is 0.473 e. The maximum Gasteiger partial charge on any atom is 0.419 e. The van der Waals surface area contributed by atoms with Crippen LogP contribution in [0.15, 0.2) is 54.6 Å². The Hall–Kier alpha value is -3.12. The molecule has 1 aromatic heterocycles. The van der Waals surface area contributed by atoms with E-state index in [9.17, 15) is 9.59 Å². The topological polar surface area (TPSA) is 82.6 Å². The molecule has 1 unspecified atom stereocenters. The second-order valence-corrected chi connectivity index (χ2v) is 8.75. The molecular formula is C25H26N2O4. The minimum atomic E-state index is -1.53. The average Bonchev–Trinajstić information content (AvgIpc) is 3.16. The highest BCUT2D eigenvalue weighted by Crippen LogP contribution is 2.48. The number of piperidine rings is 2.